The topological polar surface area (TPSA) is 34.9 Å². The monoisotopic (exact) mass is 194 g/mol. The van der Waals surface area contributed by atoms with Gasteiger partial charge in [-0.2, -0.15) is 0 Å². The van der Waals surface area contributed by atoms with E-state index < -0.39 is 0 Å². The highest BCUT2D eigenvalue weighted by Gasteiger charge is 2.10. The third-order valence-corrected chi connectivity index (χ3v) is 2.09. The van der Waals surface area contributed by atoms with Crippen LogP contribution in [-0.2, 0) is 0 Å². The molecule has 0 aliphatic carbocycles. The molecule has 0 N–H and O–H groups in total. The molecule has 66 valence electrons. The van der Waals surface area contributed by atoms with Gasteiger partial charge in [-0.3, -0.25) is 9.36 Å². The van der Waals surface area contributed by atoms with Crippen LogP contribution < -0.4 is 0 Å². The fourth-order valence-electron chi connectivity index (χ4n) is 1.30. The van der Waals surface area contributed by atoms with Crippen LogP contribution >= 0.6 is 11.6 Å². The van der Waals surface area contributed by atoms with Gasteiger partial charge >= 0.3 is 0 Å². The number of fused-ring (bicyclic) bond motifs is 1. The molecule has 0 fully saturated rings. The number of carbonyl (C=O) groups is 1. The van der Waals surface area contributed by atoms with Gasteiger partial charge in [0.1, 0.15) is 0 Å². The minimum absolute atomic E-state index is 0.126. The number of carbonyl (C=O) groups excluding carboxylic acids is 1. The van der Waals surface area contributed by atoms with E-state index in [-0.39, 0.29) is 11.2 Å². The Morgan fingerprint density at radius 1 is 1.46 bits per heavy atom. The highest BCUT2D eigenvalue weighted by molar-refractivity contribution is 6.30. The minimum atomic E-state index is -0.126. The van der Waals surface area contributed by atoms with Crippen LogP contribution in [0.25, 0.3) is 11.0 Å². The molecule has 0 bridgehead atoms. The Balaban J connectivity index is 2.86. The first-order valence-electron chi connectivity index (χ1n) is 3.84. The molecule has 0 saturated carbocycles. The number of hydrogen-bond donors (Lipinski definition) is 0. The smallest absolute Gasteiger partial charge is 0.230 e. The zero-order valence-electron chi connectivity index (χ0n) is 6.99. The van der Waals surface area contributed by atoms with Gasteiger partial charge in [0.05, 0.1) is 11.0 Å². The average Bonchev–Trinajstić information content (AvgIpc) is 2.39. The molecule has 13 heavy (non-hydrogen) atoms. The van der Waals surface area contributed by atoms with Crippen molar-refractivity contribution >= 4 is 28.5 Å². The largest absolute Gasteiger partial charge is 0.274 e. The summed E-state index contributed by atoms with van der Waals surface area (Å²) in [6, 6.07) is 7.34. The highest BCUT2D eigenvalue weighted by Crippen LogP contribution is 2.18. The van der Waals surface area contributed by atoms with Crippen LogP contribution in [0.1, 0.15) is 11.7 Å². The average molecular weight is 195 g/mol. The first kappa shape index (κ1) is 8.26. The van der Waals surface area contributed by atoms with Gasteiger partial charge in [-0.15, -0.1) is 0 Å². The molecule has 1 aromatic heterocycles. The summed E-state index contributed by atoms with van der Waals surface area (Å²) in [6.45, 7) is 1.46. The van der Waals surface area contributed by atoms with Crippen LogP contribution in [0.2, 0.25) is 5.28 Å². The van der Waals surface area contributed by atoms with Gasteiger partial charge in [0.2, 0.25) is 11.2 Å². The zero-order chi connectivity index (χ0) is 9.42. The molecule has 0 aliphatic rings. The zero-order valence-corrected chi connectivity index (χ0v) is 7.75. The lowest BCUT2D eigenvalue weighted by atomic mass is 10.3. The molecule has 4 heteroatoms. The summed E-state index contributed by atoms with van der Waals surface area (Å²) in [5, 5.41) is 0.216. The van der Waals surface area contributed by atoms with Gasteiger partial charge < -0.3 is 0 Å². The predicted molar refractivity (Wildman–Crippen MR) is 51.0 cm³/mol. The van der Waals surface area contributed by atoms with Crippen LogP contribution in [-0.4, -0.2) is 15.5 Å². The molecule has 0 radical (unpaired) electrons. The molecule has 1 aromatic carbocycles. The summed E-state index contributed by atoms with van der Waals surface area (Å²) in [5.74, 6) is -0.126. The van der Waals surface area contributed by atoms with Gasteiger partial charge in [0.15, 0.2) is 0 Å². The fourth-order valence-corrected chi connectivity index (χ4v) is 1.60. The summed E-state index contributed by atoms with van der Waals surface area (Å²) in [6.07, 6.45) is 0. The summed E-state index contributed by atoms with van der Waals surface area (Å²) >= 11 is 5.79. The van der Waals surface area contributed by atoms with Crippen molar-refractivity contribution < 1.29 is 4.79 Å². The van der Waals surface area contributed by atoms with Crippen molar-refractivity contribution in [1.29, 1.82) is 0 Å². The van der Waals surface area contributed by atoms with Gasteiger partial charge in [-0.05, 0) is 23.7 Å². The quantitative estimate of drug-likeness (QED) is 0.645. The van der Waals surface area contributed by atoms with Crippen LogP contribution in [0.15, 0.2) is 24.3 Å². The van der Waals surface area contributed by atoms with Crippen molar-refractivity contribution in [3.63, 3.8) is 0 Å². The van der Waals surface area contributed by atoms with Crippen molar-refractivity contribution in [3.05, 3.63) is 29.5 Å². The molecular weight excluding hydrogens is 188 g/mol. The Bertz CT molecular complexity index is 475. The van der Waals surface area contributed by atoms with Crippen LogP contribution in [0, 0.1) is 0 Å². The van der Waals surface area contributed by atoms with E-state index in [1.54, 1.807) is 0 Å². The lowest BCUT2D eigenvalue weighted by molar-refractivity contribution is 0.0941. The van der Waals surface area contributed by atoms with E-state index >= 15 is 0 Å². The van der Waals surface area contributed by atoms with E-state index in [2.05, 4.69) is 4.98 Å². The van der Waals surface area contributed by atoms with Gasteiger partial charge in [0.25, 0.3) is 0 Å². The standard InChI is InChI=1S/C9H7ClN2O/c1-6(13)12-8-5-3-2-4-7(8)11-9(12)10/h2-5H,1H3. The van der Waals surface area contributed by atoms with E-state index in [0.29, 0.717) is 0 Å². The number of para-hydroxylation sites is 2. The second kappa shape index (κ2) is 2.85. The van der Waals surface area contributed by atoms with Crippen LogP contribution in [0.5, 0.6) is 0 Å². The van der Waals surface area contributed by atoms with E-state index in [9.17, 15) is 4.79 Å². The number of hydrogen-bond acceptors (Lipinski definition) is 2. The number of aromatic nitrogens is 2. The van der Waals surface area contributed by atoms with Gasteiger partial charge in [0, 0.05) is 6.92 Å². The molecule has 0 aliphatic heterocycles. The van der Waals surface area contributed by atoms with Crippen molar-refractivity contribution in [2.75, 3.05) is 0 Å². The third-order valence-electron chi connectivity index (χ3n) is 1.83. The normalized spacial score (nSPS) is 10.6. The fraction of sp³-hybridized carbons (Fsp3) is 0.111. The van der Waals surface area contributed by atoms with Gasteiger partial charge in [-0.1, -0.05) is 12.1 Å². The summed E-state index contributed by atoms with van der Waals surface area (Å²) in [7, 11) is 0. The number of benzene rings is 1. The lowest BCUT2D eigenvalue weighted by Crippen LogP contribution is -2.04. The number of imidazole rings is 1. The molecule has 0 spiro atoms. The lowest BCUT2D eigenvalue weighted by Gasteiger charge is -1.97. The van der Waals surface area contributed by atoms with Crippen molar-refractivity contribution in [3.8, 4) is 0 Å². The molecular formula is C9H7ClN2O. The van der Waals surface area contributed by atoms with Crippen molar-refractivity contribution in [2.24, 2.45) is 0 Å². The molecule has 0 unspecified atom stereocenters. The maximum absolute atomic E-state index is 11.2. The number of halogens is 1. The van der Waals surface area contributed by atoms with E-state index in [0.717, 1.165) is 11.0 Å². The van der Waals surface area contributed by atoms with E-state index in [1.807, 2.05) is 24.3 Å². The summed E-state index contributed by atoms with van der Waals surface area (Å²) < 4.78 is 1.39. The molecule has 0 atom stereocenters. The van der Waals surface area contributed by atoms with Crippen LogP contribution in [0.3, 0.4) is 0 Å². The second-order valence-corrected chi connectivity index (χ2v) is 3.06. The first-order chi connectivity index (χ1) is 6.20. The predicted octanol–water partition coefficient (Wildman–Crippen LogP) is 2.35. The molecule has 2 aromatic rings. The maximum atomic E-state index is 11.2. The van der Waals surface area contributed by atoms with Crippen molar-refractivity contribution in [2.45, 2.75) is 6.92 Å². The number of rotatable bonds is 0. The number of nitrogens with zero attached hydrogens (tertiary/aromatic N) is 2. The molecule has 0 amide bonds. The summed E-state index contributed by atoms with van der Waals surface area (Å²) in [5.41, 5.74) is 1.49. The van der Waals surface area contributed by atoms with E-state index in [4.69, 9.17) is 11.6 Å². The third kappa shape index (κ3) is 1.21. The summed E-state index contributed by atoms with van der Waals surface area (Å²) in [4.78, 5) is 15.2. The molecule has 3 nitrogen and oxygen atoms in total. The Morgan fingerprint density at radius 2 is 2.15 bits per heavy atom. The molecule has 2 rings (SSSR count). The Hall–Kier alpha value is -1.35. The Labute approximate surface area is 79.9 Å². The second-order valence-electron chi connectivity index (χ2n) is 2.72. The minimum Gasteiger partial charge on any atom is -0.274 e. The SMILES string of the molecule is CC(=O)n1c(Cl)nc2ccccc21. The Kier molecular flexibility index (Phi) is 1.81. The van der Waals surface area contributed by atoms with Crippen LogP contribution in [0.4, 0.5) is 0 Å². The van der Waals surface area contributed by atoms with E-state index in [1.165, 1.54) is 11.5 Å². The highest BCUT2D eigenvalue weighted by atomic mass is 35.5. The van der Waals surface area contributed by atoms with Crippen molar-refractivity contribution in [1.82, 2.24) is 9.55 Å². The molecule has 1 heterocycles. The maximum Gasteiger partial charge on any atom is 0.230 e. The first-order valence-corrected chi connectivity index (χ1v) is 4.22. The molecule has 0 saturated heterocycles. The van der Waals surface area contributed by atoms with Gasteiger partial charge in [-0.25, -0.2) is 4.98 Å². The Morgan fingerprint density at radius 3 is 2.85 bits per heavy atom.